The van der Waals surface area contributed by atoms with Gasteiger partial charge in [0.15, 0.2) is 0 Å². The Bertz CT molecular complexity index is 532. The van der Waals surface area contributed by atoms with E-state index in [0.717, 1.165) is 18.4 Å². The lowest BCUT2D eigenvalue weighted by atomic mass is 9.99. The molecule has 20 heavy (non-hydrogen) atoms. The SMILES string of the molecule is CN(C)c1ccc(CC(N)Cc2ccc(F)cc2)cc1. The van der Waals surface area contributed by atoms with E-state index in [1.807, 2.05) is 14.1 Å². The van der Waals surface area contributed by atoms with E-state index < -0.39 is 0 Å². The average Bonchev–Trinajstić information content (AvgIpc) is 2.42. The molecule has 1 atom stereocenters. The predicted molar refractivity (Wildman–Crippen MR) is 82.6 cm³/mol. The van der Waals surface area contributed by atoms with E-state index >= 15 is 0 Å². The monoisotopic (exact) mass is 272 g/mol. The highest BCUT2D eigenvalue weighted by Crippen LogP contribution is 2.14. The van der Waals surface area contributed by atoms with Gasteiger partial charge in [0.1, 0.15) is 5.82 Å². The lowest BCUT2D eigenvalue weighted by Gasteiger charge is -2.15. The Balaban J connectivity index is 1.93. The number of hydrogen-bond donors (Lipinski definition) is 1. The molecule has 0 bridgehead atoms. The van der Waals surface area contributed by atoms with Gasteiger partial charge in [-0.2, -0.15) is 0 Å². The van der Waals surface area contributed by atoms with Crippen molar-refractivity contribution in [3.8, 4) is 0 Å². The molecule has 0 aliphatic rings. The fourth-order valence-electron chi connectivity index (χ4n) is 2.23. The van der Waals surface area contributed by atoms with Crippen molar-refractivity contribution in [2.45, 2.75) is 18.9 Å². The minimum atomic E-state index is -0.207. The van der Waals surface area contributed by atoms with Crippen LogP contribution in [0.4, 0.5) is 10.1 Å². The van der Waals surface area contributed by atoms with Crippen LogP contribution >= 0.6 is 0 Å². The zero-order valence-electron chi connectivity index (χ0n) is 12.0. The smallest absolute Gasteiger partial charge is 0.123 e. The Morgan fingerprint density at radius 1 is 0.900 bits per heavy atom. The van der Waals surface area contributed by atoms with E-state index in [2.05, 4.69) is 29.2 Å². The fourth-order valence-corrected chi connectivity index (χ4v) is 2.23. The van der Waals surface area contributed by atoms with Gasteiger partial charge in [-0.15, -0.1) is 0 Å². The molecule has 0 aliphatic carbocycles. The highest BCUT2D eigenvalue weighted by Gasteiger charge is 2.06. The van der Waals surface area contributed by atoms with Gasteiger partial charge in [-0.05, 0) is 48.2 Å². The molecule has 0 radical (unpaired) electrons. The summed E-state index contributed by atoms with van der Waals surface area (Å²) in [6.07, 6.45) is 1.58. The molecule has 0 aromatic heterocycles. The van der Waals surface area contributed by atoms with Crippen LogP contribution in [-0.4, -0.2) is 20.1 Å². The number of halogens is 1. The maximum Gasteiger partial charge on any atom is 0.123 e. The van der Waals surface area contributed by atoms with E-state index in [9.17, 15) is 4.39 Å². The zero-order valence-corrected chi connectivity index (χ0v) is 12.0. The molecule has 3 heteroatoms. The number of rotatable bonds is 5. The second-order valence-corrected chi connectivity index (χ2v) is 5.36. The lowest BCUT2D eigenvalue weighted by molar-refractivity contribution is 0.623. The number of nitrogens with two attached hydrogens (primary N) is 1. The standard InChI is InChI=1S/C17H21FN2/c1-20(2)17-9-5-14(6-10-17)12-16(19)11-13-3-7-15(18)8-4-13/h3-10,16H,11-12,19H2,1-2H3. The summed E-state index contributed by atoms with van der Waals surface area (Å²) in [5, 5.41) is 0. The second kappa shape index (κ2) is 6.53. The van der Waals surface area contributed by atoms with Crippen molar-refractivity contribution in [1.29, 1.82) is 0 Å². The average molecular weight is 272 g/mol. The van der Waals surface area contributed by atoms with Crippen LogP contribution in [0.1, 0.15) is 11.1 Å². The Morgan fingerprint density at radius 3 is 1.80 bits per heavy atom. The molecular weight excluding hydrogens is 251 g/mol. The van der Waals surface area contributed by atoms with Crippen molar-refractivity contribution in [3.05, 3.63) is 65.5 Å². The van der Waals surface area contributed by atoms with Gasteiger partial charge in [0.05, 0.1) is 0 Å². The summed E-state index contributed by atoms with van der Waals surface area (Å²) < 4.78 is 12.8. The predicted octanol–water partition coefficient (Wildman–Crippen LogP) is 3.00. The van der Waals surface area contributed by atoms with Crippen molar-refractivity contribution in [3.63, 3.8) is 0 Å². The van der Waals surface area contributed by atoms with Gasteiger partial charge in [0.2, 0.25) is 0 Å². The number of benzene rings is 2. The van der Waals surface area contributed by atoms with Crippen LogP contribution in [0.3, 0.4) is 0 Å². The van der Waals surface area contributed by atoms with Crippen LogP contribution in [-0.2, 0) is 12.8 Å². The Hall–Kier alpha value is -1.87. The summed E-state index contributed by atoms with van der Waals surface area (Å²) in [7, 11) is 4.05. The van der Waals surface area contributed by atoms with Crippen molar-refractivity contribution in [1.82, 2.24) is 0 Å². The third-order valence-corrected chi connectivity index (χ3v) is 3.36. The van der Waals surface area contributed by atoms with E-state index in [1.54, 1.807) is 12.1 Å². The molecule has 0 aliphatic heterocycles. The first kappa shape index (κ1) is 14.5. The van der Waals surface area contributed by atoms with E-state index in [0.29, 0.717) is 0 Å². The summed E-state index contributed by atoms with van der Waals surface area (Å²) in [6, 6.07) is 15.0. The van der Waals surface area contributed by atoms with Crippen LogP contribution in [0.15, 0.2) is 48.5 Å². The molecule has 0 spiro atoms. The summed E-state index contributed by atoms with van der Waals surface area (Å²) in [5.74, 6) is -0.207. The van der Waals surface area contributed by atoms with E-state index in [4.69, 9.17) is 5.73 Å². The summed E-state index contributed by atoms with van der Waals surface area (Å²) in [4.78, 5) is 2.07. The maximum atomic E-state index is 12.8. The van der Waals surface area contributed by atoms with Gasteiger partial charge in [0, 0.05) is 25.8 Å². The number of anilines is 1. The molecule has 0 heterocycles. The van der Waals surface area contributed by atoms with Gasteiger partial charge in [-0.3, -0.25) is 0 Å². The van der Waals surface area contributed by atoms with Crippen LogP contribution in [0, 0.1) is 5.82 Å². The minimum Gasteiger partial charge on any atom is -0.378 e. The molecule has 0 amide bonds. The highest BCUT2D eigenvalue weighted by molar-refractivity contribution is 5.46. The molecule has 2 nitrogen and oxygen atoms in total. The molecule has 2 rings (SSSR count). The van der Waals surface area contributed by atoms with Crippen LogP contribution in [0.5, 0.6) is 0 Å². The van der Waals surface area contributed by atoms with Crippen molar-refractivity contribution in [2.24, 2.45) is 5.73 Å². The van der Waals surface area contributed by atoms with E-state index in [-0.39, 0.29) is 11.9 Å². The third-order valence-electron chi connectivity index (χ3n) is 3.36. The van der Waals surface area contributed by atoms with Crippen LogP contribution in [0.25, 0.3) is 0 Å². The number of hydrogen-bond acceptors (Lipinski definition) is 2. The van der Waals surface area contributed by atoms with Gasteiger partial charge in [0.25, 0.3) is 0 Å². The topological polar surface area (TPSA) is 29.3 Å². The first-order chi connectivity index (χ1) is 9.54. The molecule has 2 aromatic rings. The Kier molecular flexibility index (Phi) is 4.74. The first-order valence-corrected chi connectivity index (χ1v) is 6.81. The molecular formula is C17H21FN2. The van der Waals surface area contributed by atoms with Gasteiger partial charge < -0.3 is 10.6 Å². The molecule has 0 saturated carbocycles. The van der Waals surface area contributed by atoms with Crippen molar-refractivity contribution >= 4 is 5.69 Å². The van der Waals surface area contributed by atoms with E-state index in [1.165, 1.54) is 23.4 Å². The fraction of sp³-hybridized carbons (Fsp3) is 0.294. The second-order valence-electron chi connectivity index (χ2n) is 5.36. The molecule has 2 aromatic carbocycles. The molecule has 0 fully saturated rings. The lowest BCUT2D eigenvalue weighted by Crippen LogP contribution is -2.25. The van der Waals surface area contributed by atoms with Crippen molar-refractivity contribution < 1.29 is 4.39 Å². The molecule has 2 N–H and O–H groups in total. The largest absolute Gasteiger partial charge is 0.378 e. The molecule has 0 saturated heterocycles. The summed E-state index contributed by atoms with van der Waals surface area (Å²) in [6.45, 7) is 0. The zero-order chi connectivity index (χ0) is 14.5. The minimum absolute atomic E-state index is 0.0469. The number of nitrogens with zero attached hydrogens (tertiary/aromatic N) is 1. The Labute approximate surface area is 120 Å². The van der Waals surface area contributed by atoms with Crippen molar-refractivity contribution in [2.75, 3.05) is 19.0 Å². The van der Waals surface area contributed by atoms with Crippen LogP contribution < -0.4 is 10.6 Å². The third kappa shape index (κ3) is 4.07. The summed E-state index contributed by atoms with van der Waals surface area (Å²) in [5.41, 5.74) is 9.65. The quantitative estimate of drug-likeness (QED) is 0.906. The van der Waals surface area contributed by atoms with Gasteiger partial charge >= 0.3 is 0 Å². The normalized spacial score (nSPS) is 12.2. The maximum absolute atomic E-state index is 12.8. The highest BCUT2D eigenvalue weighted by atomic mass is 19.1. The first-order valence-electron chi connectivity index (χ1n) is 6.81. The molecule has 1 unspecified atom stereocenters. The van der Waals surface area contributed by atoms with Crippen LogP contribution in [0.2, 0.25) is 0 Å². The Morgan fingerprint density at radius 2 is 1.35 bits per heavy atom. The van der Waals surface area contributed by atoms with Gasteiger partial charge in [-0.1, -0.05) is 24.3 Å². The molecule has 106 valence electrons. The summed E-state index contributed by atoms with van der Waals surface area (Å²) >= 11 is 0. The van der Waals surface area contributed by atoms with Gasteiger partial charge in [-0.25, -0.2) is 4.39 Å².